The molecule has 13 rings (SSSR count). The van der Waals surface area contributed by atoms with Crippen LogP contribution < -0.4 is 4.90 Å². The maximum atomic E-state index is 6.75. The lowest BCUT2D eigenvalue weighted by Crippen LogP contribution is -2.28. The third kappa shape index (κ3) is 5.74. The van der Waals surface area contributed by atoms with Crippen LogP contribution in [0.1, 0.15) is 22.3 Å². The van der Waals surface area contributed by atoms with Gasteiger partial charge in [0.05, 0.1) is 11.1 Å². The van der Waals surface area contributed by atoms with E-state index in [0.717, 1.165) is 39.0 Å². The van der Waals surface area contributed by atoms with Crippen LogP contribution in [0.15, 0.2) is 253 Å². The van der Waals surface area contributed by atoms with Gasteiger partial charge in [0.1, 0.15) is 11.2 Å². The molecule has 65 heavy (non-hydrogen) atoms. The Hall–Kier alpha value is -8.46. The molecule has 0 spiro atoms. The monoisotopic (exact) mass is 827 g/mol. The fraction of sp³-hybridized carbons (Fsp3) is 0.0159. The number of rotatable bonds is 7. The number of hydrogen-bond acceptors (Lipinski definition) is 2. The highest BCUT2D eigenvalue weighted by molar-refractivity contribution is 6.12. The highest BCUT2D eigenvalue weighted by Gasteiger charge is 2.47. The Morgan fingerprint density at radius 1 is 0.338 bits per heavy atom. The van der Waals surface area contributed by atoms with E-state index in [2.05, 4.69) is 254 Å². The van der Waals surface area contributed by atoms with E-state index in [0.29, 0.717) is 0 Å². The van der Waals surface area contributed by atoms with E-state index in [4.69, 9.17) is 4.42 Å². The van der Waals surface area contributed by atoms with Gasteiger partial charge in [-0.1, -0.05) is 206 Å². The summed E-state index contributed by atoms with van der Waals surface area (Å²) < 4.78 is 6.75. The van der Waals surface area contributed by atoms with Crippen LogP contribution in [0.4, 0.5) is 17.1 Å². The average molecular weight is 828 g/mol. The Morgan fingerprint density at radius 3 is 1.80 bits per heavy atom. The summed E-state index contributed by atoms with van der Waals surface area (Å²) in [5.41, 5.74) is 16.8. The quantitative estimate of drug-likeness (QED) is 0.159. The Bertz CT molecular complexity index is 3760. The number of furan rings is 1. The van der Waals surface area contributed by atoms with Crippen LogP contribution in [-0.2, 0) is 5.41 Å². The fourth-order valence-corrected chi connectivity index (χ4v) is 10.8. The van der Waals surface area contributed by atoms with Gasteiger partial charge in [0, 0.05) is 33.1 Å². The van der Waals surface area contributed by atoms with Gasteiger partial charge in [-0.3, -0.25) is 0 Å². The van der Waals surface area contributed by atoms with Crippen molar-refractivity contribution < 1.29 is 4.42 Å². The first-order valence-electron chi connectivity index (χ1n) is 22.4. The second-order valence-electron chi connectivity index (χ2n) is 17.2. The van der Waals surface area contributed by atoms with E-state index in [1.54, 1.807) is 0 Å². The number of fused-ring (bicyclic) bond motifs is 9. The van der Waals surface area contributed by atoms with Crippen LogP contribution in [-0.4, -0.2) is 0 Å². The van der Waals surface area contributed by atoms with Crippen LogP contribution in [0.25, 0.3) is 76.9 Å². The van der Waals surface area contributed by atoms with Crippen molar-refractivity contribution in [1.29, 1.82) is 0 Å². The number of nitrogens with zero attached hydrogens (tertiary/aromatic N) is 1. The van der Waals surface area contributed by atoms with E-state index in [9.17, 15) is 0 Å². The molecule has 0 bridgehead atoms. The van der Waals surface area contributed by atoms with Gasteiger partial charge < -0.3 is 9.32 Å². The molecule has 1 heterocycles. The number of para-hydroxylation sites is 2. The van der Waals surface area contributed by atoms with Crippen LogP contribution in [0.2, 0.25) is 0 Å². The van der Waals surface area contributed by atoms with Crippen LogP contribution in [0.3, 0.4) is 0 Å². The zero-order valence-electron chi connectivity index (χ0n) is 35.5. The molecule has 1 unspecified atom stereocenters. The molecule has 1 aliphatic rings. The molecular weight excluding hydrogens is 787 g/mol. The summed E-state index contributed by atoms with van der Waals surface area (Å²) in [6, 6.07) is 90.7. The minimum absolute atomic E-state index is 0.551. The molecule has 0 N–H and O–H groups in total. The van der Waals surface area contributed by atoms with Gasteiger partial charge in [0.15, 0.2) is 0 Å². The molecular formula is C63H41NO. The van der Waals surface area contributed by atoms with Crippen LogP contribution >= 0.6 is 0 Å². The molecule has 0 aliphatic heterocycles. The molecule has 2 nitrogen and oxygen atoms in total. The molecule has 1 aromatic heterocycles. The van der Waals surface area contributed by atoms with Gasteiger partial charge in [-0.25, -0.2) is 0 Å². The maximum absolute atomic E-state index is 6.75. The SMILES string of the molecule is c1ccc(N(c2ccc(-c3ccc4ccccc4c3)cc2)c2cccc3c(-c4ccc(C5(c6ccccc6)c6ccccc6-c6c5ccc5c6oc6ccccc65)cc4)cccc23)cc1. The van der Waals surface area contributed by atoms with Crippen molar-refractivity contribution in [3.8, 4) is 33.4 Å². The van der Waals surface area contributed by atoms with Crippen molar-refractivity contribution >= 4 is 60.5 Å². The molecule has 0 radical (unpaired) electrons. The van der Waals surface area contributed by atoms with Gasteiger partial charge in [0.25, 0.3) is 0 Å². The minimum Gasteiger partial charge on any atom is -0.455 e. The van der Waals surface area contributed by atoms with Gasteiger partial charge in [0.2, 0.25) is 0 Å². The highest BCUT2D eigenvalue weighted by Crippen LogP contribution is 2.58. The van der Waals surface area contributed by atoms with E-state index < -0.39 is 5.41 Å². The number of benzene rings is 11. The Morgan fingerprint density at radius 2 is 0.954 bits per heavy atom. The first-order valence-corrected chi connectivity index (χ1v) is 22.4. The standard InChI is InChI=1S/C63H41NO/c1-3-17-47(18-4-1)63(57-26-11-9-22-56(57)61-58(63)40-39-55-54-21-10-12-28-60(54)65-62(55)61)48-35-31-44(32-36-48)51-23-13-25-53-52(51)24-14-27-59(53)64(49-19-5-2-6-20-49)50-37-33-43(34-38-50)46-30-29-42-15-7-8-16-45(42)41-46/h1-41H. The van der Waals surface area contributed by atoms with Crippen molar-refractivity contribution in [2.45, 2.75) is 5.41 Å². The molecule has 0 fully saturated rings. The third-order valence-corrected chi connectivity index (χ3v) is 13.7. The van der Waals surface area contributed by atoms with Crippen molar-refractivity contribution in [3.05, 3.63) is 271 Å². The largest absolute Gasteiger partial charge is 0.455 e. The lowest BCUT2D eigenvalue weighted by molar-refractivity contribution is 0.669. The van der Waals surface area contributed by atoms with Crippen LogP contribution in [0.5, 0.6) is 0 Å². The smallest absolute Gasteiger partial charge is 0.143 e. The third-order valence-electron chi connectivity index (χ3n) is 13.7. The summed E-state index contributed by atoms with van der Waals surface area (Å²) in [4.78, 5) is 2.39. The van der Waals surface area contributed by atoms with Gasteiger partial charge in [-0.15, -0.1) is 0 Å². The maximum Gasteiger partial charge on any atom is 0.143 e. The highest BCUT2D eigenvalue weighted by atomic mass is 16.3. The van der Waals surface area contributed by atoms with E-state index in [1.807, 2.05) is 0 Å². The molecule has 0 amide bonds. The lowest BCUT2D eigenvalue weighted by atomic mass is 9.67. The molecule has 12 aromatic rings. The van der Waals surface area contributed by atoms with E-state index in [1.165, 1.54) is 77.2 Å². The second-order valence-corrected chi connectivity index (χ2v) is 17.2. The van der Waals surface area contributed by atoms with E-state index >= 15 is 0 Å². The summed E-state index contributed by atoms with van der Waals surface area (Å²) in [6.07, 6.45) is 0. The number of hydrogen-bond donors (Lipinski definition) is 0. The predicted octanol–water partition coefficient (Wildman–Crippen LogP) is 17.1. The predicted molar refractivity (Wildman–Crippen MR) is 272 cm³/mol. The first kappa shape index (κ1) is 37.1. The molecule has 0 saturated carbocycles. The molecule has 2 heteroatoms. The zero-order valence-corrected chi connectivity index (χ0v) is 35.5. The topological polar surface area (TPSA) is 16.4 Å². The molecule has 304 valence electrons. The fourth-order valence-electron chi connectivity index (χ4n) is 10.8. The summed E-state index contributed by atoms with van der Waals surface area (Å²) in [7, 11) is 0. The van der Waals surface area contributed by atoms with Crippen LogP contribution in [0, 0.1) is 0 Å². The minimum atomic E-state index is -0.551. The zero-order chi connectivity index (χ0) is 42.9. The molecule has 1 aliphatic carbocycles. The van der Waals surface area contributed by atoms with Gasteiger partial charge in [-0.2, -0.15) is 0 Å². The van der Waals surface area contributed by atoms with Crippen molar-refractivity contribution in [2.75, 3.05) is 4.90 Å². The first-order chi connectivity index (χ1) is 32.2. The molecule has 11 aromatic carbocycles. The Balaban J connectivity index is 0.935. The lowest BCUT2D eigenvalue weighted by Gasteiger charge is -2.34. The molecule has 1 atom stereocenters. The molecule has 0 saturated heterocycles. The summed E-state index contributed by atoms with van der Waals surface area (Å²) in [5.74, 6) is 0. The summed E-state index contributed by atoms with van der Waals surface area (Å²) in [5, 5.41) is 7.17. The second kappa shape index (κ2) is 14.8. The average Bonchev–Trinajstić information content (AvgIpc) is 3.91. The normalized spacial score (nSPS) is 14.2. The van der Waals surface area contributed by atoms with Crippen molar-refractivity contribution in [3.63, 3.8) is 0 Å². The van der Waals surface area contributed by atoms with E-state index in [-0.39, 0.29) is 0 Å². The number of anilines is 3. The Kier molecular flexibility index (Phi) is 8.47. The van der Waals surface area contributed by atoms with Crippen molar-refractivity contribution in [2.24, 2.45) is 0 Å². The van der Waals surface area contributed by atoms with Crippen molar-refractivity contribution in [1.82, 2.24) is 0 Å². The summed E-state index contributed by atoms with van der Waals surface area (Å²) in [6.45, 7) is 0. The van der Waals surface area contributed by atoms with Gasteiger partial charge in [-0.05, 0) is 109 Å². The Labute approximate surface area is 377 Å². The summed E-state index contributed by atoms with van der Waals surface area (Å²) >= 11 is 0. The van der Waals surface area contributed by atoms with Gasteiger partial charge >= 0.3 is 0 Å².